The van der Waals surface area contributed by atoms with Crippen molar-refractivity contribution in [1.82, 2.24) is 9.97 Å². The summed E-state index contributed by atoms with van der Waals surface area (Å²) in [6, 6.07) is 6.19. The highest BCUT2D eigenvalue weighted by molar-refractivity contribution is 7.99. The van der Waals surface area contributed by atoms with Crippen LogP contribution in [-0.4, -0.2) is 21.5 Å². The van der Waals surface area contributed by atoms with Gasteiger partial charge in [0.25, 0.3) is 0 Å². The monoisotopic (exact) mass is 248 g/mol. The molecule has 1 heterocycles. The Kier molecular flexibility index (Phi) is 3.84. The van der Waals surface area contributed by atoms with Crippen LogP contribution in [0.2, 0.25) is 0 Å². The Morgan fingerprint density at radius 2 is 2.29 bits per heavy atom. The molecule has 0 radical (unpaired) electrons. The minimum absolute atomic E-state index is 0.255. The number of aromatic nitrogens is 2. The Labute approximate surface area is 105 Å². The molecule has 0 saturated heterocycles. The van der Waals surface area contributed by atoms with Crippen molar-refractivity contribution in [2.24, 2.45) is 0 Å². The molecule has 0 saturated carbocycles. The lowest BCUT2D eigenvalue weighted by Gasteiger charge is -1.95. The van der Waals surface area contributed by atoms with Gasteiger partial charge in [0.2, 0.25) is 0 Å². The molecule has 0 bridgehead atoms. The van der Waals surface area contributed by atoms with Gasteiger partial charge in [-0.05, 0) is 38.0 Å². The van der Waals surface area contributed by atoms with Crippen LogP contribution in [0.5, 0.6) is 0 Å². The molecular formula is C13H16N2OS. The number of thioether (sulfide) groups is 1. The summed E-state index contributed by atoms with van der Waals surface area (Å²) in [7, 11) is 0. The second-order valence-electron chi connectivity index (χ2n) is 4.22. The number of hydrogen-bond donors (Lipinski definition) is 1. The van der Waals surface area contributed by atoms with E-state index in [2.05, 4.69) is 29.0 Å². The maximum absolute atomic E-state index is 10.8. The van der Waals surface area contributed by atoms with Crippen LogP contribution in [-0.2, 0) is 4.79 Å². The van der Waals surface area contributed by atoms with Crippen LogP contribution in [0.15, 0.2) is 23.4 Å². The third-order valence-electron chi connectivity index (χ3n) is 2.53. The first-order valence-electron chi connectivity index (χ1n) is 5.74. The average molecular weight is 248 g/mol. The number of imidazole rings is 1. The molecule has 0 atom stereocenters. The molecule has 3 nitrogen and oxygen atoms in total. The number of aromatic amines is 1. The molecule has 17 heavy (non-hydrogen) atoms. The predicted octanol–water partition coefficient (Wildman–Crippen LogP) is 3.33. The minimum Gasteiger partial charge on any atom is -0.333 e. The zero-order valence-electron chi connectivity index (χ0n) is 10.1. The van der Waals surface area contributed by atoms with E-state index in [1.807, 2.05) is 6.07 Å². The maximum atomic E-state index is 10.8. The second kappa shape index (κ2) is 5.36. The number of aryl methyl sites for hydroxylation is 1. The number of ketones is 1. The van der Waals surface area contributed by atoms with Crippen LogP contribution in [0.4, 0.5) is 0 Å². The molecule has 0 fully saturated rings. The molecule has 0 amide bonds. The van der Waals surface area contributed by atoms with E-state index in [9.17, 15) is 4.79 Å². The summed E-state index contributed by atoms with van der Waals surface area (Å²) in [5.41, 5.74) is 3.32. The summed E-state index contributed by atoms with van der Waals surface area (Å²) >= 11 is 1.68. The van der Waals surface area contributed by atoms with Crippen molar-refractivity contribution in [2.45, 2.75) is 31.8 Å². The van der Waals surface area contributed by atoms with E-state index >= 15 is 0 Å². The topological polar surface area (TPSA) is 45.8 Å². The van der Waals surface area contributed by atoms with Gasteiger partial charge in [0.1, 0.15) is 5.78 Å². The Morgan fingerprint density at radius 1 is 1.47 bits per heavy atom. The van der Waals surface area contributed by atoms with Crippen molar-refractivity contribution in [3.63, 3.8) is 0 Å². The van der Waals surface area contributed by atoms with Gasteiger partial charge in [-0.1, -0.05) is 17.8 Å². The van der Waals surface area contributed by atoms with Gasteiger partial charge in [-0.3, -0.25) is 0 Å². The number of rotatable bonds is 5. The van der Waals surface area contributed by atoms with Gasteiger partial charge < -0.3 is 9.78 Å². The molecule has 0 spiro atoms. The van der Waals surface area contributed by atoms with Crippen LogP contribution < -0.4 is 0 Å². The van der Waals surface area contributed by atoms with Crippen LogP contribution in [0.3, 0.4) is 0 Å². The van der Waals surface area contributed by atoms with Crippen LogP contribution in [0, 0.1) is 6.92 Å². The maximum Gasteiger partial charge on any atom is 0.166 e. The first kappa shape index (κ1) is 12.2. The fraction of sp³-hybridized carbons (Fsp3) is 0.385. The standard InChI is InChI=1S/C13H16N2OS/c1-9-5-6-11-12(8-9)15-13(14-11)17-7-3-4-10(2)16/h5-6,8H,3-4,7H2,1-2H3,(H,14,15). The second-order valence-corrected chi connectivity index (χ2v) is 5.30. The first-order valence-corrected chi connectivity index (χ1v) is 6.72. The van der Waals surface area contributed by atoms with Crippen LogP contribution in [0.25, 0.3) is 11.0 Å². The van der Waals surface area contributed by atoms with Crippen molar-refractivity contribution >= 4 is 28.6 Å². The van der Waals surface area contributed by atoms with Gasteiger partial charge in [0, 0.05) is 12.2 Å². The zero-order valence-corrected chi connectivity index (χ0v) is 10.9. The van der Waals surface area contributed by atoms with Gasteiger partial charge in [0.05, 0.1) is 11.0 Å². The molecule has 0 aliphatic heterocycles. The molecule has 2 aromatic rings. The highest BCUT2D eigenvalue weighted by Crippen LogP contribution is 2.21. The lowest BCUT2D eigenvalue weighted by molar-refractivity contribution is -0.117. The number of nitrogens with one attached hydrogen (secondary N) is 1. The molecule has 0 unspecified atom stereocenters. The molecule has 1 N–H and O–H groups in total. The lowest BCUT2D eigenvalue weighted by atomic mass is 10.2. The fourth-order valence-electron chi connectivity index (χ4n) is 1.66. The van der Waals surface area contributed by atoms with Gasteiger partial charge in [-0.2, -0.15) is 0 Å². The van der Waals surface area contributed by atoms with E-state index in [4.69, 9.17) is 0 Å². The van der Waals surface area contributed by atoms with E-state index in [-0.39, 0.29) is 5.78 Å². The number of benzene rings is 1. The van der Waals surface area contributed by atoms with Gasteiger partial charge in [-0.25, -0.2) is 4.98 Å². The molecule has 4 heteroatoms. The number of fused-ring (bicyclic) bond motifs is 1. The predicted molar refractivity (Wildman–Crippen MR) is 71.5 cm³/mol. The number of H-pyrrole nitrogens is 1. The van der Waals surface area contributed by atoms with Crippen molar-refractivity contribution in [3.05, 3.63) is 23.8 Å². The van der Waals surface area contributed by atoms with Crippen LogP contribution >= 0.6 is 11.8 Å². The number of nitrogens with zero attached hydrogens (tertiary/aromatic N) is 1. The van der Waals surface area contributed by atoms with Crippen molar-refractivity contribution in [2.75, 3.05) is 5.75 Å². The molecule has 90 valence electrons. The zero-order chi connectivity index (χ0) is 12.3. The molecule has 1 aromatic carbocycles. The average Bonchev–Trinajstić information content (AvgIpc) is 2.66. The lowest BCUT2D eigenvalue weighted by Crippen LogP contribution is -1.91. The Hall–Kier alpha value is -1.29. The van der Waals surface area contributed by atoms with E-state index in [0.29, 0.717) is 6.42 Å². The molecule has 0 aliphatic carbocycles. The largest absolute Gasteiger partial charge is 0.333 e. The SMILES string of the molecule is CC(=O)CCCSc1nc2ccc(C)cc2[nH]1. The van der Waals surface area contributed by atoms with Crippen LogP contribution in [0.1, 0.15) is 25.3 Å². The Bertz CT molecular complexity index is 533. The highest BCUT2D eigenvalue weighted by Gasteiger charge is 2.03. The number of carbonyl (C=O) groups excluding carboxylic acids is 1. The molecule has 1 aromatic heterocycles. The van der Waals surface area contributed by atoms with Gasteiger partial charge in [-0.15, -0.1) is 0 Å². The summed E-state index contributed by atoms with van der Waals surface area (Å²) < 4.78 is 0. The quantitative estimate of drug-likeness (QED) is 0.652. The number of carbonyl (C=O) groups is 1. The van der Waals surface area contributed by atoms with Crippen molar-refractivity contribution in [1.29, 1.82) is 0 Å². The summed E-state index contributed by atoms with van der Waals surface area (Å²) in [5, 5.41) is 0.939. The van der Waals surface area contributed by atoms with Crippen molar-refractivity contribution < 1.29 is 4.79 Å². The normalized spacial score (nSPS) is 10.9. The minimum atomic E-state index is 0.255. The van der Waals surface area contributed by atoms with Gasteiger partial charge in [0.15, 0.2) is 5.16 Å². The summed E-state index contributed by atoms with van der Waals surface area (Å²) in [6.45, 7) is 3.70. The van der Waals surface area contributed by atoms with E-state index in [1.165, 1.54) is 5.56 Å². The molecular weight excluding hydrogens is 232 g/mol. The highest BCUT2D eigenvalue weighted by atomic mass is 32.2. The molecule has 2 rings (SSSR count). The smallest absolute Gasteiger partial charge is 0.166 e. The van der Waals surface area contributed by atoms with Crippen molar-refractivity contribution in [3.8, 4) is 0 Å². The van der Waals surface area contributed by atoms with E-state index in [1.54, 1.807) is 18.7 Å². The summed E-state index contributed by atoms with van der Waals surface area (Å²) in [4.78, 5) is 18.6. The summed E-state index contributed by atoms with van der Waals surface area (Å²) in [5.74, 6) is 1.18. The number of Topliss-reactive ketones (excluding diaryl/α,β-unsaturated/α-hetero) is 1. The third-order valence-corrected chi connectivity index (χ3v) is 3.49. The first-order chi connectivity index (χ1) is 8.15. The molecule has 0 aliphatic rings. The number of hydrogen-bond acceptors (Lipinski definition) is 3. The summed E-state index contributed by atoms with van der Waals surface area (Å²) in [6.07, 6.45) is 1.57. The Morgan fingerprint density at radius 3 is 3.06 bits per heavy atom. The van der Waals surface area contributed by atoms with E-state index < -0.39 is 0 Å². The third kappa shape index (κ3) is 3.33. The van der Waals surface area contributed by atoms with E-state index in [0.717, 1.165) is 28.4 Å². The van der Waals surface area contributed by atoms with Gasteiger partial charge >= 0.3 is 0 Å². The Balaban J connectivity index is 1.97. The fourth-order valence-corrected chi connectivity index (χ4v) is 2.49.